The molecular weight excluding hydrogens is 370 g/mol. The average Bonchev–Trinajstić information content (AvgIpc) is 3.00. The Bertz CT molecular complexity index is 855. The van der Waals surface area contributed by atoms with Crippen molar-refractivity contribution in [1.82, 2.24) is 5.43 Å². The van der Waals surface area contributed by atoms with Crippen LogP contribution in [-0.2, 0) is 9.84 Å². The van der Waals surface area contributed by atoms with Crippen LogP contribution in [0.3, 0.4) is 0 Å². The summed E-state index contributed by atoms with van der Waals surface area (Å²) in [5.74, 6) is 0.172. The van der Waals surface area contributed by atoms with E-state index in [4.69, 9.17) is 0 Å². The highest BCUT2D eigenvalue weighted by Gasteiger charge is 2.33. The summed E-state index contributed by atoms with van der Waals surface area (Å²) in [6.07, 6.45) is 2.47. The third-order valence-electron chi connectivity index (χ3n) is 4.18. The monoisotopic (exact) mass is 391 g/mol. The number of nitrogens with zero attached hydrogens (tertiary/aromatic N) is 1. The lowest BCUT2D eigenvalue weighted by Gasteiger charge is -2.30. The van der Waals surface area contributed by atoms with E-state index in [0.717, 1.165) is 10.6 Å². The van der Waals surface area contributed by atoms with Gasteiger partial charge >= 0.3 is 6.03 Å². The lowest BCUT2D eigenvalue weighted by Crippen LogP contribution is -2.51. The number of urea groups is 1. The second-order valence-electron chi connectivity index (χ2n) is 6.06. The zero-order chi connectivity index (χ0) is 18.6. The molecule has 0 aromatic heterocycles. The number of nitrogens with one attached hydrogen (secondary N) is 2. The second-order valence-corrected chi connectivity index (χ2v) is 9.17. The summed E-state index contributed by atoms with van der Waals surface area (Å²) in [7, 11) is -3.07. The SMILES string of the molecule is CSc1ccc(NC(=O)NN(c2ccccc2)[C@@H]2CCS(=O)(=O)C2)cc1. The molecule has 0 saturated carbocycles. The summed E-state index contributed by atoms with van der Waals surface area (Å²) in [6, 6.07) is 16.1. The summed E-state index contributed by atoms with van der Waals surface area (Å²) >= 11 is 1.63. The zero-order valence-electron chi connectivity index (χ0n) is 14.4. The standard InChI is InChI=1S/C18H21N3O3S2/c1-25-17-9-7-14(8-10-17)19-18(22)20-21(15-5-3-2-4-6-15)16-11-12-26(23,24)13-16/h2-10,16H,11-13H2,1H3,(H2,19,20,22)/t16-/m1/s1. The van der Waals surface area contributed by atoms with E-state index in [1.807, 2.05) is 60.9 Å². The molecule has 1 aliphatic rings. The van der Waals surface area contributed by atoms with Crippen molar-refractivity contribution < 1.29 is 13.2 Å². The Morgan fingerprint density at radius 2 is 1.81 bits per heavy atom. The van der Waals surface area contributed by atoms with E-state index in [0.29, 0.717) is 12.1 Å². The smallest absolute Gasteiger partial charge is 0.307 e. The number of benzene rings is 2. The third-order valence-corrected chi connectivity index (χ3v) is 6.67. The molecule has 26 heavy (non-hydrogen) atoms. The maximum Gasteiger partial charge on any atom is 0.338 e. The second kappa shape index (κ2) is 8.01. The molecule has 2 amide bonds. The molecule has 1 saturated heterocycles. The molecule has 2 N–H and O–H groups in total. The van der Waals surface area contributed by atoms with E-state index < -0.39 is 15.9 Å². The van der Waals surface area contributed by atoms with Gasteiger partial charge in [-0.25, -0.2) is 18.6 Å². The summed E-state index contributed by atoms with van der Waals surface area (Å²) < 4.78 is 23.7. The summed E-state index contributed by atoms with van der Waals surface area (Å²) in [6.45, 7) is 0. The van der Waals surface area contributed by atoms with Crippen molar-refractivity contribution in [3.8, 4) is 0 Å². The summed E-state index contributed by atoms with van der Waals surface area (Å²) in [5, 5.41) is 4.44. The Labute approximate surface area is 157 Å². The van der Waals surface area contributed by atoms with Gasteiger partial charge in [-0.2, -0.15) is 0 Å². The lowest BCUT2D eigenvalue weighted by molar-refractivity contribution is 0.250. The highest BCUT2D eigenvalue weighted by Crippen LogP contribution is 2.23. The molecule has 8 heteroatoms. The van der Waals surface area contributed by atoms with Crippen LogP contribution in [0.2, 0.25) is 0 Å². The van der Waals surface area contributed by atoms with E-state index in [1.54, 1.807) is 16.8 Å². The molecule has 1 fully saturated rings. The number of hydrazine groups is 1. The molecule has 3 rings (SSSR count). The van der Waals surface area contributed by atoms with Gasteiger partial charge in [-0.1, -0.05) is 18.2 Å². The largest absolute Gasteiger partial charge is 0.338 e. The molecule has 0 radical (unpaired) electrons. The predicted molar refractivity (Wildman–Crippen MR) is 106 cm³/mol. The Balaban J connectivity index is 1.73. The minimum absolute atomic E-state index is 0.0323. The van der Waals surface area contributed by atoms with Crippen LogP contribution in [0.4, 0.5) is 16.2 Å². The summed E-state index contributed by atoms with van der Waals surface area (Å²) in [4.78, 5) is 13.6. The molecule has 0 unspecified atom stereocenters. The maximum absolute atomic E-state index is 12.5. The summed E-state index contributed by atoms with van der Waals surface area (Å²) in [5.41, 5.74) is 4.23. The van der Waals surface area contributed by atoms with E-state index in [9.17, 15) is 13.2 Å². The van der Waals surface area contributed by atoms with Gasteiger partial charge in [-0.15, -0.1) is 11.8 Å². The fourth-order valence-corrected chi connectivity index (χ4v) is 4.99. The highest BCUT2D eigenvalue weighted by molar-refractivity contribution is 7.98. The first kappa shape index (κ1) is 18.6. The topological polar surface area (TPSA) is 78.5 Å². The minimum atomic E-state index is -3.07. The maximum atomic E-state index is 12.5. The van der Waals surface area contributed by atoms with Gasteiger partial charge < -0.3 is 5.32 Å². The Morgan fingerprint density at radius 3 is 2.38 bits per heavy atom. The van der Waals surface area contributed by atoms with E-state index in [1.165, 1.54) is 0 Å². The van der Waals surface area contributed by atoms with E-state index >= 15 is 0 Å². The van der Waals surface area contributed by atoms with Crippen molar-refractivity contribution >= 4 is 39.0 Å². The van der Waals surface area contributed by atoms with Crippen LogP contribution >= 0.6 is 11.8 Å². The van der Waals surface area contributed by atoms with Gasteiger partial charge in [-0.3, -0.25) is 5.01 Å². The number of carbonyl (C=O) groups excluding carboxylic acids is 1. The molecule has 0 spiro atoms. The normalized spacial score (nSPS) is 18.3. The Hall–Kier alpha value is -2.19. The molecule has 6 nitrogen and oxygen atoms in total. The molecule has 2 aromatic carbocycles. The number of para-hydroxylation sites is 1. The van der Waals surface area contributed by atoms with Crippen molar-refractivity contribution in [2.24, 2.45) is 0 Å². The van der Waals surface area contributed by atoms with Gasteiger partial charge in [-0.05, 0) is 49.1 Å². The van der Waals surface area contributed by atoms with Crippen molar-refractivity contribution in [2.45, 2.75) is 17.4 Å². The molecule has 2 aromatic rings. The van der Waals surface area contributed by atoms with Crippen LogP contribution in [0, 0.1) is 0 Å². The first-order valence-corrected chi connectivity index (χ1v) is 11.3. The van der Waals surface area contributed by atoms with Gasteiger partial charge in [0.1, 0.15) is 0 Å². The van der Waals surface area contributed by atoms with Gasteiger partial charge in [0.05, 0.1) is 23.2 Å². The van der Waals surface area contributed by atoms with Crippen molar-refractivity contribution in [1.29, 1.82) is 0 Å². The van der Waals surface area contributed by atoms with Gasteiger partial charge in [0, 0.05) is 10.6 Å². The quantitative estimate of drug-likeness (QED) is 0.605. The van der Waals surface area contributed by atoms with Crippen molar-refractivity contribution in [2.75, 3.05) is 28.1 Å². The first-order chi connectivity index (χ1) is 12.5. The first-order valence-electron chi connectivity index (χ1n) is 8.23. The molecular formula is C18H21N3O3S2. The van der Waals surface area contributed by atoms with Crippen LogP contribution in [0.15, 0.2) is 59.5 Å². The van der Waals surface area contributed by atoms with Gasteiger partial charge in [0.25, 0.3) is 0 Å². The number of amides is 2. The number of sulfone groups is 1. The Morgan fingerprint density at radius 1 is 1.12 bits per heavy atom. The van der Waals surface area contributed by atoms with Crippen LogP contribution in [0.5, 0.6) is 0 Å². The Kier molecular flexibility index (Phi) is 5.73. The fraction of sp³-hybridized carbons (Fsp3) is 0.278. The molecule has 1 atom stereocenters. The van der Waals surface area contributed by atoms with Crippen LogP contribution < -0.4 is 15.8 Å². The molecule has 1 aliphatic heterocycles. The van der Waals surface area contributed by atoms with Crippen molar-refractivity contribution in [3.63, 3.8) is 0 Å². The van der Waals surface area contributed by atoms with Crippen molar-refractivity contribution in [3.05, 3.63) is 54.6 Å². The molecule has 138 valence electrons. The number of carbonyl (C=O) groups is 1. The average molecular weight is 392 g/mol. The number of hydrogen-bond donors (Lipinski definition) is 2. The van der Waals surface area contributed by atoms with Gasteiger partial charge in [0.2, 0.25) is 0 Å². The third kappa shape index (κ3) is 4.70. The minimum Gasteiger partial charge on any atom is -0.307 e. The molecule has 1 heterocycles. The van der Waals surface area contributed by atoms with E-state index in [2.05, 4.69) is 10.7 Å². The van der Waals surface area contributed by atoms with Crippen LogP contribution in [0.1, 0.15) is 6.42 Å². The zero-order valence-corrected chi connectivity index (χ0v) is 16.0. The van der Waals surface area contributed by atoms with Gasteiger partial charge in [0.15, 0.2) is 9.84 Å². The molecule has 0 bridgehead atoms. The number of anilines is 2. The number of thioether (sulfide) groups is 1. The fourth-order valence-electron chi connectivity index (χ4n) is 2.88. The predicted octanol–water partition coefficient (Wildman–Crippen LogP) is 3.14. The number of hydrogen-bond acceptors (Lipinski definition) is 5. The van der Waals surface area contributed by atoms with E-state index in [-0.39, 0.29) is 17.5 Å². The van der Waals surface area contributed by atoms with Crippen LogP contribution in [-0.4, -0.2) is 38.3 Å². The van der Waals surface area contributed by atoms with Crippen LogP contribution in [0.25, 0.3) is 0 Å². The molecule has 0 aliphatic carbocycles. The lowest BCUT2D eigenvalue weighted by atomic mass is 10.2. The highest BCUT2D eigenvalue weighted by atomic mass is 32.2. The number of rotatable bonds is 5.